The molecule has 6 rings (SSSR count). The second-order valence-electron chi connectivity index (χ2n) is 9.89. The Kier molecular flexibility index (Phi) is 6.41. The first-order valence-electron chi connectivity index (χ1n) is 12.3. The number of nitrogens with zero attached hydrogens (tertiary/aromatic N) is 5. The molecule has 0 radical (unpaired) electrons. The fourth-order valence-corrected chi connectivity index (χ4v) is 7.12. The molecule has 0 aliphatic carbocycles. The number of nitrogens with one attached hydrogen (secondary N) is 1. The Labute approximate surface area is 218 Å². The minimum atomic E-state index is -0.461. The van der Waals surface area contributed by atoms with E-state index in [-0.39, 0.29) is 10.9 Å². The number of hydrogen-bond acceptors (Lipinski definition) is 7. The molecule has 1 N–H and O–H groups in total. The van der Waals surface area contributed by atoms with Crippen LogP contribution in [0.1, 0.15) is 16.9 Å². The van der Waals surface area contributed by atoms with Crippen LogP contribution in [0.4, 0.5) is 15.9 Å². The number of likely N-dealkylation sites (N-methyl/N-ethyl adjacent to an activating group) is 1. The van der Waals surface area contributed by atoms with Crippen LogP contribution in [0, 0.1) is 11.7 Å². The normalized spacial score (nSPS) is 22.5. The van der Waals surface area contributed by atoms with Gasteiger partial charge in [-0.3, -0.25) is 9.69 Å². The highest BCUT2D eigenvalue weighted by Gasteiger charge is 2.38. The molecule has 1 amide bonds. The summed E-state index contributed by atoms with van der Waals surface area (Å²) in [4.78, 5) is 30.7. The van der Waals surface area contributed by atoms with E-state index in [2.05, 4.69) is 32.1 Å². The van der Waals surface area contributed by atoms with Gasteiger partial charge in [0.1, 0.15) is 22.8 Å². The minimum absolute atomic E-state index is 0.0554. The van der Waals surface area contributed by atoms with Gasteiger partial charge in [0.25, 0.3) is 0 Å². The molecule has 1 aromatic carbocycles. The van der Waals surface area contributed by atoms with Gasteiger partial charge < -0.3 is 15.1 Å². The molecule has 3 aromatic rings. The molecule has 0 spiro atoms. The largest absolute Gasteiger partial charge is 0.340 e. The van der Waals surface area contributed by atoms with Crippen molar-refractivity contribution in [2.45, 2.75) is 25.4 Å². The molecule has 2 aromatic heterocycles. The lowest BCUT2D eigenvalue weighted by atomic mass is 10.0. The Morgan fingerprint density at radius 3 is 3.03 bits per heavy atom. The zero-order chi connectivity index (χ0) is 24.8. The van der Waals surface area contributed by atoms with E-state index in [0.717, 1.165) is 47.1 Å². The first-order valence-corrected chi connectivity index (χ1v) is 13.5. The molecule has 10 heteroatoms. The Bertz CT molecular complexity index is 1350. The number of aromatic nitrogens is 2. The van der Waals surface area contributed by atoms with Gasteiger partial charge in [0.05, 0.1) is 17.0 Å². The molecule has 2 fully saturated rings. The summed E-state index contributed by atoms with van der Waals surface area (Å²) in [5.74, 6) is 1.04. The van der Waals surface area contributed by atoms with Gasteiger partial charge in [-0.25, -0.2) is 14.4 Å². The van der Waals surface area contributed by atoms with E-state index in [4.69, 9.17) is 11.6 Å². The molecule has 188 valence electrons. The first kappa shape index (κ1) is 23.8. The summed E-state index contributed by atoms with van der Waals surface area (Å²) in [6, 6.07) is 5.18. The van der Waals surface area contributed by atoms with Crippen LogP contribution in [-0.4, -0.2) is 76.4 Å². The van der Waals surface area contributed by atoms with Gasteiger partial charge in [0, 0.05) is 48.9 Å². The quantitative estimate of drug-likeness (QED) is 0.500. The van der Waals surface area contributed by atoms with Gasteiger partial charge in [-0.05, 0) is 56.1 Å². The maximum Gasteiger partial charge on any atom is 0.246 e. The maximum atomic E-state index is 13.6. The average molecular weight is 527 g/mol. The number of thiophene rings is 1. The number of benzene rings is 1. The third-order valence-corrected chi connectivity index (χ3v) is 9.07. The third-order valence-electron chi connectivity index (χ3n) is 7.66. The highest BCUT2D eigenvalue weighted by atomic mass is 35.5. The van der Waals surface area contributed by atoms with E-state index in [1.54, 1.807) is 29.5 Å². The van der Waals surface area contributed by atoms with Crippen molar-refractivity contribution in [1.29, 1.82) is 0 Å². The number of likely N-dealkylation sites (tertiary alicyclic amines) is 2. The molecule has 3 aliphatic rings. The number of halogens is 2. The molecule has 0 bridgehead atoms. The molecular formula is C26H28ClFN6OS. The topological polar surface area (TPSA) is 64.6 Å². The molecule has 2 atom stereocenters. The number of fused-ring (bicyclic) bond motifs is 4. The smallest absolute Gasteiger partial charge is 0.246 e. The summed E-state index contributed by atoms with van der Waals surface area (Å²) in [7, 11) is 2.22. The van der Waals surface area contributed by atoms with Gasteiger partial charge in [0.15, 0.2) is 0 Å². The number of hydrogen-bond donors (Lipinski definition) is 1. The summed E-state index contributed by atoms with van der Waals surface area (Å²) < 4.78 is 13.6. The first-order chi connectivity index (χ1) is 17.5. The van der Waals surface area contributed by atoms with Crippen LogP contribution < -0.4 is 5.32 Å². The maximum absolute atomic E-state index is 13.6. The van der Waals surface area contributed by atoms with Crippen LogP contribution in [0.3, 0.4) is 0 Å². The van der Waals surface area contributed by atoms with Crippen LogP contribution in [-0.2, 0) is 17.8 Å². The second-order valence-corrected chi connectivity index (χ2v) is 11.4. The van der Waals surface area contributed by atoms with Crippen molar-refractivity contribution in [1.82, 2.24) is 24.7 Å². The molecule has 36 heavy (non-hydrogen) atoms. The fourth-order valence-electron chi connectivity index (χ4n) is 5.74. The predicted molar refractivity (Wildman–Crippen MR) is 141 cm³/mol. The van der Waals surface area contributed by atoms with E-state index in [1.165, 1.54) is 30.9 Å². The molecule has 2 unspecified atom stereocenters. The lowest BCUT2D eigenvalue weighted by molar-refractivity contribution is -0.126. The Morgan fingerprint density at radius 1 is 1.31 bits per heavy atom. The number of carbonyl (C=O) groups is 1. The molecule has 3 aliphatic heterocycles. The fraction of sp³-hybridized carbons (Fsp3) is 0.423. The lowest BCUT2D eigenvalue weighted by Crippen LogP contribution is -2.34. The Balaban J connectivity index is 1.13. The van der Waals surface area contributed by atoms with Crippen LogP contribution in [0.15, 0.2) is 36.7 Å². The van der Waals surface area contributed by atoms with Crippen LogP contribution >= 0.6 is 22.9 Å². The summed E-state index contributed by atoms with van der Waals surface area (Å²) in [6.07, 6.45) is 7.30. The number of carbonyl (C=O) groups excluding carboxylic acids is 1. The van der Waals surface area contributed by atoms with E-state index in [0.29, 0.717) is 30.6 Å². The van der Waals surface area contributed by atoms with Gasteiger partial charge in [-0.15, -0.1) is 11.3 Å². The van der Waals surface area contributed by atoms with E-state index >= 15 is 0 Å². The highest BCUT2D eigenvalue weighted by Crippen LogP contribution is 2.38. The van der Waals surface area contributed by atoms with Crippen LogP contribution in [0.2, 0.25) is 5.02 Å². The number of rotatable bonds is 5. The number of anilines is 2. The van der Waals surface area contributed by atoms with Crippen molar-refractivity contribution in [3.05, 3.63) is 58.0 Å². The monoisotopic (exact) mass is 526 g/mol. The van der Waals surface area contributed by atoms with Crippen molar-refractivity contribution in [3.63, 3.8) is 0 Å². The second kappa shape index (κ2) is 9.70. The Morgan fingerprint density at radius 2 is 2.19 bits per heavy atom. The summed E-state index contributed by atoms with van der Waals surface area (Å²) in [5, 5.41) is 4.28. The Hall–Kier alpha value is -2.59. The molecule has 5 heterocycles. The average Bonchev–Trinajstić information content (AvgIpc) is 3.55. The summed E-state index contributed by atoms with van der Waals surface area (Å²) in [5.41, 5.74) is 1.83. The highest BCUT2D eigenvalue weighted by molar-refractivity contribution is 7.19. The van der Waals surface area contributed by atoms with Crippen molar-refractivity contribution in [3.8, 4) is 0 Å². The predicted octanol–water partition coefficient (Wildman–Crippen LogP) is 4.30. The van der Waals surface area contributed by atoms with Crippen molar-refractivity contribution < 1.29 is 9.18 Å². The van der Waals surface area contributed by atoms with Gasteiger partial charge >= 0.3 is 0 Å². The molecule has 7 nitrogen and oxygen atoms in total. The lowest BCUT2D eigenvalue weighted by Gasteiger charge is -2.26. The number of amides is 1. The SMILES string of the molecule is CN1CCC2CN(CC=CC(=O)N3CCc4c(sc5ncnc(Nc6ccc(F)c(Cl)c6)c45)C3)CC21. The van der Waals surface area contributed by atoms with Crippen LogP contribution in [0.25, 0.3) is 10.2 Å². The molecule has 0 saturated carbocycles. The van der Waals surface area contributed by atoms with Crippen molar-refractivity contribution in [2.24, 2.45) is 5.92 Å². The van der Waals surface area contributed by atoms with E-state index < -0.39 is 5.82 Å². The standard InChI is InChI=1S/C26H28ClFN6OS/c1-32-9-6-16-12-33(13-21(16)32)8-2-3-23(35)34-10-7-18-22(14-34)36-26-24(18)25(29-15-30-26)31-17-4-5-20(28)19(27)11-17/h2-5,11,15-16,21H,6-10,12-14H2,1H3,(H,29,30,31). The van der Waals surface area contributed by atoms with Gasteiger partial charge in [-0.1, -0.05) is 17.7 Å². The molecular weight excluding hydrogens is 499 g/mol. The zero-order valence-corrected chi connectivity index (χ0v) is 21.7. The van der Waals surface area contributed by atoms with Crippen LogP contribution in [0.5, 0.6) is 0 Å². The molecule has 2 saturated heterocycles. The third kappa shape index (κ3) is 4.49. The van der Waals surface area contributed by atoms with E-state index in [1.807, 2.05) is 11.0 Å². The van der Waals surface area contributed by atoms with Gasteiger partial charge in [-0.2, -0.15) is 0 Å². The van der Waals surface area contributed by atoms with Crippen molar-refractivity contribution >= 4 is 50.6 Å². The van der Waals surface area contributed by atoms with Crippen molar-refractivity contribution in [2.75, 3.05) is 45.1 Å². The van der Waals surface area contributed by atoms with E-state index in [9.17, 15) is 9.18 Å². The summed E-state index contributed by atoms with van der Waals surface area (Å²) in [6.45, 7) is 5.47. The zero-order valence-electron chi connectivity index (χ0n) is 20.1. The minimum Gasteiger partial charge on any atom is -0.340 e. The van der Waals surface area contributed by atoms with Gasteiger partial charge in [0.2, 0.25) is 5.91 Å². The summed E-state index contributed by atoms with van der Waals surface area (Å²) >= 11 is 7.54.